The molecule has 0 N–H and O–H groups in total. The highest BCUT2D eigenvalue weighted by molar-refractivity contribution is 5.62. The lowest BCUT2D eigenvalue weighted by Gasteiger charge is -2.00. The van der Waals surface area contributed by atoms with Crippen LogP contribution < -0.4 is 0 Å². The first kappa shape index (κ1) is 10.7. The molecule has 0 spiro atoms. The third kappa shape index (κ3) is 2.00. The van der Waals surface area contributed by atoms with E-state index in [-0.39, 0.29) is 0 Å². The lowest BCUT2D eigenvalue weighted by molar-refractivity contribution is 0.542. The van der Waals surface area contributed by atoms with Gasteiger partial charge in [0.1, 0.15) is 5.76 Å². The maximum atomic E-state index is 5.47. The van der Waals surface area contributed by atoms with E-state index in [2.05, 4.69) is 15.0 Å². The molecule has 1 aromatic carbocycles. The van der Waals surface area contributed by atoms with Gasteiger partial charge in [0.15, 0.2) is 5.82 Å². The SMILES string of the molecule is Cc1cnc(-c2ccc(-c3ncccn3)cc2)o1. The van der Waals surface area contributed by atoms with Crippen LogP contribution in [0, 0.1) is 6.92 Å². The summed E-state index contributed by atoms with van der Waals surface area (Å²) in [5.41, 5.74) is 1.92. The minimum absolute atomic E-state index is 0.632. The summed E-state index contributed by atoms with van der Waals surface area (Å²) in [7, 11) is 0. The molecule has 0 bridgehead atoms. The fourth-order valence-electron chi connectivity index (χ4n) is 1.70. The zero-order valence-corrected chi connectivity index (χ0v) is 9.87. The summed E-state index contributed by atoms with van der Waals surface area (Å²) in [5, 5.41) is 0. The highest BCUT2D eigenvalue weighted by Gasteiger charge is 2.05. The van der Waals surface area contributed by atoms with E-state index >= 15 is 0 Å². The second-order valence-corrected chi connectivity index (χ2v) is 3.93. The second-order valence-electron chi connectivity index (χ2n) is 3.93. The van der Waals surface area contributed by atoms with Crippen molar-refractivity contribution in [2.75, 3.05) is 0 Å². The molecule has 3 aromatic rings. The molecular weight excluding hydrogens is 226 g/mol. The highest BCUT2D eigenvalue weighted by Crippen LogP contribution is 2.22. The Labute approximate surface area is 104 Å². The van der Waals surface area contributed by atoms with Gasteiger partial charge in [-0.1, -0.05) is 12.1 Å². The first-order valence-corrected chi connectivity index (χ1v) is 5.63. The minimum Gasteiger partial charge on any atom is -0.441 e. The average Bonchev–Trinajstić information content (AvgIpc) is 2.87. The molecule has 88 valence electrons. The fraction of sp³-hybridized carbons (Fsp3) is 0.0714. The van der Waals surface area contributed by atoms with Gasteiger partial charge in [0.05, 0.1) is 6.20 Å². The van der Waals surface area contributed by atoms with Crippen molar-refractivity contribution in [2.45, 2.75) is 6.92 Å². The third-order valence-electron chi connectivity index (χ3n) is 2.58. The van der Waals surface area contributed by atoms with Crippen LogP contribution in [-0.4, -0.2) is 15.0 Å². The van der Waals surface area contributed by atoms with Crippen LogP contribution in [0.3, 0.4) is 0 Å². The molecule has 0 aliphatic carbocycles. The van der Waals surface area contributed by atoms with Gasteiger partial charge in [-0.05, 0) is 25.1 Å². The standard InChI is InChI=1S/C14H11N3O/c1-10-9-17-14(18-10)12-5-3-11(4-6-12)13-15-7-2-8-16-13/h2-9H,1H3. The van der Waals surface area contributed by atoms with Crippen LogP contribution in [0.1, 0.15) is 5.76 Å². The molecule has 0 saturated carbocycles. The van der Waals surface area contributed by atoms with Crippen molar-refractivity contribution in [3.8, 4) is 22.8 Å². The number of aromatic nitrogens is 3. The van der Waals surface area contributed by atoms with Crippen molar-refractivity contribution in [1.29, 1.82) is 0 Å². The van der Waals surface area contributed by atoms with Crippen molar-refractivity contribution in [3.63, 3.8) is 0 Å². The normalized spacial score (nSPS) is 10.5. The maximum Gasteiger partial charge on any atom is 0.226 e. The molecule has 0 radical (unpaired) electrons. The average molecular weight is 237 g/mol. The van der Waals surface area contributed by atoms with Crippen LogP contribution in [0.25, 0.3) is 22.8 Å². The van der Waals surface area contributed by atoms with Crippen molar-refractivity contribution in [1.82, 2.24) is 15.0 Å². The number of rotatable bonds is 2. The topological polar surface area (TPSA) is 51.8 Å². The predicted molar refractivity (Wildman–Crippen MR) is 67.7 cm³/mol. The van der Waals surface area contributed by atoms with Crippen molar-refractivity contribution in [3.05, 3.63) is 54.7 Å². The Bertz CT molecular complexity index is 644. The summed E-state index contributed by atoms with van der Waals surface area (Å²) >= 11 is 0. The van der Waals surface area contributed by atoms with Crippen LogP contribution >= 0.6 is 0 Å². The number of aryl methyl sites for hydroxylation is 1. The van der Waals surface area contributed by atoms with E-state index in [1.54, 1.807) is 24.7 Å². The first-order valence-electron chi connectivity index (χ1n) is 5.63. The molecular formula is C14H11N3O. The molecule has 0 saturated heterocycles. The molecule has 0 amide bonds. The Balaban J connectivity index is 1.94. The van der Waals surface area contributed by atoms with Gasteiger partial charge in [0.2, 0.25) is 5.89 Å². The first-order chi connectivity index (χ1) is 8.83. The Kier molecular flexibility index (Phi) is 2.61. The van der Waals surface area contributed by atoms with Crippen LogP contribution in [0.15, 0.2) is 53.3 Å². The van der Waals surface area contributed by atoms with Gasteiger partial charge in [0.25, 0.3) is 0 Å². The summed E-state index contributed by atoms with van der Waals surface area (Å²) in [6, 6.07) is 9.63. The number of benzene rings is 1. The van der Waals surface area contributed by atoms with Crippen LogP contribution in [0.5, 0.6) is 0 Å². The molecule has 4 heteroatoms. The number of oxazole rings is 1. The number of nitrogens with zero attached hydrogens (tertiary/aromatic N) is 3. The molecule has 3 rings (SSSR count). The highest BCUT2D eigenvalue weighted by atomic mass is 16.4. The van der Waals surface area contributed by atoms with Crippen molar-refractivity contribution >= 4 is 0 Å². The second kappa shape index (κ2) is 4.41. The smallest absolute Gasteiger partial charge is 0.226 e. The lowest BCUT2D eigenvalue weighted by atomic mass is 10.1. The van der Waals surface area contributed by atoms with Gasteiger partial charge in [-0.25, -0.2) is 15.0 Å². The molecule has 0 atom stereocenters. The van der Waals surface area contributed by atoms with Crippen molar-refractivity contribution < 1.29 is 4.42 Å². The van der Waals surface area contributed by atoms with Crippen molar-refractivity contribution in [2.24, 2.45) is 0 Å². The van der Waals surface area contributed by atoms with Gasteiger partial charge in [-0.3, -0.25) is 0 Å². The molecule has 18 heavy (non-hydrogen) atoms. The Morgan fingerprint density at radius 1 is 0.889 bits per heavy atom. The zero-order chi connectivity index (χ0) is 12.4. The largest absolute Gasteiger partial charge is 0.441 e. The molecule has 0 aliphatic rings. The summed E-state index contributed by atoms with van der Waals surface area (Å²) in [4.78, 5) is 12.6. The van der Waals surface area contributed by atoms with Crippen LogP contribution in [0.4, 0.5) is 0 Å². The third-order valence-corrected chi connectivity index (χ3v) is 2.58. The van der Waals surface area contributed by atoms with Gasteiger partial charge < -0.3 is 4.42 Å². The summed E-state index contributed by atoms with van der Waals surface area (Å²) in [5.74, 6) is 2.15. The number of hydrogen-bond acceptors (Lipinski definition) is 4. The molecule has 0 fully saturated rings. The molecule has 4 nitrogen and oxygen atoms in total. The zero-order valence-electron chi connectivity index (χ0n) is 9.87. The summed E-state index contributed by atoms with van der Waals surface area (Å²) in [6.45, 7) is 1.88. The van der Waals surface area contributed by atoms with E-state index in [0.717, 1.165) is 16.9 Å². The van der Waals surface area contributed by atoms with Gasteiger partial charge >= 0.3 is 0 Å². The molecule has 0 unspecified atom stereocenters. The fourth-order valence-corrected chi connectivity index (χ4v) is 1.70. The van der Waals surface area contributed by atoms with Gasteiger partial charge in [-0.2, -0.15) is 0 Å². The van der Waals surface area contributed by atoms with E-state index in [9.17, 15) is 0 Å². The van der Waals surface area contributed by atoms with E-state index in [1.807, 2.05) is 31.2 Å². The Morgan fingerprint density at radius 2 is 1.56 bits per heavy atom. The summed E-state index contributed by atoms with van der Waals surface area (Å²) in [6.07, 6.45) is 5.17. The summed E-state index contributed by atoms with van der Waals surface area (Å²) < 4.78 is 5.47. The minimum atomic E-state index is 0.632. The number of hydrogen-bond donors (Lipinski definition) is 0. The Hall–Kier alpha value is -2.49. The molecule has 0 aliphatic heterocycles. The van der Waals surface area contributed by atoms with Crippen LogP contribution in [-0.2, 0) is 0 Å². The maximum absolute atomic E-state index is 5.47. The van der Waals surface area contributed by atoms with E-state index in [0.29, 0.717) is 11.7 Å². The van der Waals surface area contributed by atoms with E-state index in [4.69, 9.17) is 4.42 Å². The monoisotopic (exact) mass is 237 g/mol. The van der Waals surface area contributed by atoms with Gasteiger partial charge in [-0.15, -0.1) is 0 Å². The van der Waals surface area contributed by atoms with E-state index in [1.165, 1.54) is 0 Å². The molecule has 2 heterocycles. The predicted octanol–water partition coefficient (Wildman–Crippen LogP) is 3.11. The van der Waals surface area contributed by atoms with E-state index < -0.39 is 0 Å². The quantitative estimate of drug-likeness (QED) is 0.687. The molecule has 2 aromatic heterocycles. The Morgan fingerprint density at radius 3 is 2.17 bits per heavy atom. The lowest BCUT2D eigenvalue weighted by Crippen LogP contribution is -1.86. The van der Waals surface area contributed by atoms with Crippen LogP contribution in [0.2, 0.25) is 0 Å². The van der Waals surface area contributed by atoms with Gasteiger partial charge in [0, 0.05) is 23.5 Å².